The second kappa shape index (κ2) is 8.12. The molecule has 1 saturated heterocycles. The Morgan fingerprint density at radius 2 is 2.07 bits per heavy atom. The van der Waals surface area contributed by atoms with Gasteiger partial charge in [-0.3, -0.25) is 0 Å². The van der Waals surface area contributed by atoms with Crippen LogP contribution in [0.2, 0.25) is 0 Å². The number of hydrogen-bond acceptors (Lipinski definition) is 2. The molecule has 0 aliphatic carbocycles. The van der Waals surface area contributed by atoms with Gasteiger partial charge in [0.15, 0.2) is 0 Å². The first-order chi connectivity index (χ1) is 7.38. The molecule has 0 spiro atoms. The number of rotatable bonds is 6. The van der Waals surface area contributed by atoms with Crippen LogP contribution in [0.3, 0.4) is 0 Å². The Morgan fingerprint density at radius 1 is 1.20 bits per heavy atom. The molecule has 2 nitrogen and oxygen atoms in total. The van der Waals surface area contributed by atoms with Crippen LogP contribution in [0.4, 0.5) is 0 Å². The zero-order valence-corrected chi connectivity index (χ0v) is 10.6. The summed E-state index contributed by atoms with van der Waals surface area (Å²) in [6.45, 7) is 6.18. The Hall–Kier alpha value is -0.0800. The molecule has 0 bridgehead atoms. The third kappa shape index (κ3) is 4.98. The van der Waals surface area contributed by atoms with Gasteiger partial charge in [0.25, 0.3) is 0 Å². The van der Waals surface area contributed by atoms with Gasteiger partial charge in [-0.2, -0.15) is 0 Å². The van der Waals surface area contributed by atoms with Crippen LogP contribution in [0.15, 0.2) is 0 Å². The molecule has 1 N–H and O–H groups in total. The van der Waals surface area contributed by atoms with Gasteiger partial charge in [0, 0.05) is 6.04 Å². The molecule has 1 aliphatic heterocycles. The lowest BCUT2D eigenvalue weighted by Crippen LogP contribution is -2.35. The van der Waals surface area contributed by atoms with E-state index >= 15 is 0 Å². The minimum absolute atomic E-state index is 0.877. The van der Waals surface area contributed by atoms with Crippen LogP contribution in [-0.2, 0) is 0 Å². The van der Waals surface area contributed by atoms with Crippen LogP contribution in [0.25, 0.3) is 0 Å². The molecule has 0 aromatic heterocycles. The Kier molecular flexibility index (Phi) is 7.03. The van der Waals surface area contributed by atoms with Gasteiger partial charge in [0.2, 0.25) is 0 Å². The highest BCUT2D eigenvalue weighted by molar-refractivity contribution is 4.74. The third-order valence-corrected chi connectivity index (χ3v) is 3.59. The highest BCUT2D eigenvalue weighted by atomic mass is 15.1. The predicted octanol–water partition coefficient (Wildman–Crippen LogP) is 2.64. The van der Waals surface area contributed by atoms with Crippen LogP contribution in [0.5, 0.6) is 0 Å². The fraction of sp³-hybridized carbons (Fsp3) is 1.00. The average molecular weight is 212 g/mol. The van der Waals surface area contributed by atoms with Crippen molar-refractivity contribution < 1.29 is 0 Å². The van der Waals surface area contributed by atoms with Gasteiger partial charge in [-0.1, -0.05) is 19.8 Å². The van der Waals surface area contributed by atoms with Crippen molar-refractivity contribution >= 4 is 0 Å². The quantitative estimate of drug-likeness (QED) is 0.681. The summed E-state index contributed by atoms with van der Waals surface area (Å²) in [4.78, 5) is 2.74. The van der Waals surface area contributed by atoms with E-state index < -0.39 is 0 Å². The maximum Gasteiger partial charge on any atom is 0.00926 e. The van der Waals surface area contributed by atoms with Crippen LogP contribution < -0.4 is 5.32 Å². The maximum atomic E-state index is 3.22. The van der Waals surface area contributed by atoms with E-state index in [9.17, 15) is 0 Å². The van der Waals surface area contributed by atoms with Crippen molar-refractivity contribution in [1.29, 1.82) is 0 Å². The van der Waals surface area contributed by atoms with Crippen molar-refractivity contribution in [2.75, 3.05) is 26.7 Å². The van der Waals surface area contributed by atoms with Crippen LogP contribution in [0.1, 0.15) is 51.9 Å². The number of hydrogen-bond donors (Lipinski definition) is 1. The van der Waals surface area contributed by atoms with E-state index in [4.69, 9.17) is 0 Å². The lowest BCUT2D eigenvalue weighted by atomic mass is 10.1. The molecular formula is C13H28N2. The summed E-state index contributed by atoms with van der Waals surface area (Å²) < 4.78 is 0. The molecule has 0 saturated carbocycles. The fourth-order valence-corrected chi connectivity index (χ4v) is 2.61. The van der Waals surface area contributed by atoms with Gasteiger partial charge in [-0.15, -0.1) is 0 Å². The first kappa shape index (κ1) is 13.0. The highest BCUT2D eigenvalue weighted by Gasteiger charge is 2.18. The molecule has 1 unspecified atom stereocenters. The molecule has 1 rings (SSSR count). The molecule has 0 aromatic carbocycles. The SMILES string of the molecule is CCC1CCCCCN1CCCCNC. The largest absolute Gasteiger partial charge is 0.320 e. The van der Waals surface area contributed by atoms with Gasteiger partial charge >= 0.3 is 0 Å². The Labute approximate surface area is 95.4 Å². The molecule has 0 amide bonds. The summed E-state index contributed by atoms with van der Waals surface area (Å²) in [5, 5.41) is 3.22. The van der Waals surface area contributed by atoms with E-state index in [2.05, 4.69) is 17.1 Å². The molecule has 2 heteroatoms. The number of unbranched alkanes of at least 4 members (excludes halogenated alkanes) is 1. The number of nitrogens with one attached hydrogen (secondary N) is 1. The average Bonchev–Trinajstić information content (AvgIpc) is 2.49. The maximum absolute atomic E-state index is 3.22. The van der Waals surface area contributed by atoms with Crippen molar-refractivity contribution in [3.05, 3.63) is 0 Å². The second-order valence-electron chi connectivity index (χ2n) is 4.76. The van der Waals surface area contributed by atoms with Gasteiger partial charge in [-0.05, 0) is 58.8 Å². The van der Waals surface area contributed by atoms with E-state index in [-0.39, 0.29) is 0 Å². The topological polar surface area (TPSA) is 15.3 Å². The molecule has 1 fully saturated rings. The molecule has 0 aromatic rings. The normalized spacial score (nSPS) is 24.0. The summed E-state index contributed by atoms with van der Waals surface area (Å²) in [5.41, 5.74) is 0. The zero-order chi connectivity index (χ0) is 10.9. The van der Waals surface area contributed by atoms with E-state index in [1.807, 2.05) is 7.05 Å². The summed E-state index contributed by atoms with van der Waals surface area (Å²) in [5.74, 6) is 0. The van der Waals surface area contributed by atoms with Gasteiger partial charge in [-0.25, -0.2) is 0 Å². The lowest BCUT2D eigenvalue weighted by molar-refractivity contribution is 0.191. The van der Waals surface area contributed by atoms with Crippen LogP contribution in [-0.4, -0.2) is 37.6 Å². The number of likely N-dealkylation sites (tertiary alicyclic amines) is 1. The molecule has 0 radical (unpaired) electrons. The van der Waals surface area contributed by atoms with Crippen molar-refractivity contribution in [3.8, 4) is 0 Å². The summed E-state index contributed by atoms with van der Waals surface area (Å²) in [6.07, 6.45) is 9.77. The van der Waals surface area contributed by atoms with Crippen molar-refractivity contribution in [2.45, 2.75) is 57.9 Å². The van der Waals surface area contributed by atoms with E-state index in [1.165, 1.54) is 64.6 Å². The van der Waals surface area contributed by atoms with E-state index in [0.29, 0.717) is 0 Å². The Morgan fingerprint density at radius 3 is 2.80 bits per heavy atom. The standard InChI is InChI=1S/C13H28N2/c1-3-13-9-5-4-7-11-15(13)12-8-6-10-14-2/h13-14H,3-12H2,1-2H3. The summed E-state index contributed by atoms with van der Waals surface area (Å²) >= 11 is 0. The summed E-state index contributed by atoms with van der Waals surface area (Å²) in [6, 6.07) is 0.877. The van der Waals surface area contributed by atoms with Gasteiger partial charge in [0.1, 0.15) is 0 Å². The molecule has 1 atom stereocenters. The molecule has 1 aliphatic rings. The first-order valence-electron chi connectivity index (χ1n) is 6.77. The second-order valence-corrected chi connectivity index (χ2v) is 4.76. The molecule has 90 valence electrons. The van der Waals surface area contributed by atoms with Crippen molar-refractivity contribution in [2.24, 2.45) is 0 Å². The van der Waals surface area contributed by atoms with Crippen molar-refractivity contribution in [3.63, 3.8) is 0 Å². The summed E-state index contributed by atoms with van der Waals surface area (Å²) in [7, 11) is 2.04. The Balaban J connectivity index is 2.22. The van der Waals surface area contributed by atoms with Crippen molar-refractivity contribution in [1.82, 2.24) is 10.2 Å². The lowest BCUT2D eigenvalue weighted by Gasteiger charge is -2.29. The van der Waals surface area contributed by atoms with Gasteiger partial charge < -0.3 is 10.2 Å². The monoisotopic (exact) mass is 212 g/mol. The minimum atomic E-state index is 0.877. The zero-order valence-electron chi connectivity index (χ0n) is 10.6. The highest BCUT2D eigenvalue weighted by Crippen LogP contribution is 2.19. The van der Waals surface area contributed by atoms with Crippen LogP contribution in [0, 0.1) is 0 Å². The smallest absolute Gasteiger partial charge is 0.00926 e. The Bertz CT molecular complexity index is 147. The van der Waals surface area contributed by atoms with E-state index in [0.717, 1.165) is 6.04 Å². The number of nitrogens with zero attached hydrogens (tertiary/aromatic N) is 1. The first-order valence-corrected chi connectivity index (χ1v) is 6.77. The molecule has 1 heterocycles. The van der Waals surface area contributed by atoms with E-state index in [1.54, 1.807) is 0 Å². The minimum Gasteiger partial charge on any atom is -0.320 e. The third-order valence-electron chi connectivity index (χ3n) is 3.59. The molecule has 15 heavy (non-hydrogen) atoms. The predicted molar refractivity (Wildman–Crippen MR) is 67.3 cm³/mol. The van der Waals surface area contributed by atoms with Gasteiger partial charge in [0.05, 0.1) is 0 Å². The fourth-order valence-electron chi connectivity index (χ4n) is 2.61. The van der Waals surface area contributed by atoms with Crippen LogP contribution >= 0.6 is 0 Å². The molecular weight excluding hydrogens is 184 g/mol.